The summed E-state index contributed by atoms with van der Waals surface area (Å²) in [6, 6.07) is 15.5. The quantitative estimate of drug-likeness (QED) is 0.881. The van der Waals surface area contributed by atoms with E-state index in [9.17, 15) is 0 Å². The fourth-order valence-electron chi connectivity index (χ4n) is 1.85. The molecule has 0 aliphatic heterocycles. The molecule has 2 aromatic carbocycles. The van der Waals surface area contributed by atoms with Gasteiger partial charge in [0, 0.05) is 29.4 Å². The number of rotatable bonds is 3. The molecule has 96 valence electrons. The molecule has 0 unspecified atom stereocenters. The van der Waals surface area contributed by atoms with Gasteiger partial charge < -0.3 is 10.6 Å². The summed E-state index contributed by atoms with van der Waals surface area (Å²) < 4.78 is 0.996. The summed E-state index contributed by atoms with van der Waals surface area (Å²) in [5.74, 6) is 0. The highest BCUT2D eigenvalue weighted by Gasteiger charge is 2.06. The van der Waals surface area contributed by atoms with Gasteiger partial charge in [-0.1, -0.05) is 28.1 Å². The van der Waals surface area contributed by atoms with E-state index < -0.39 is 0 Å². The van der Waals surface area contributed by atoms with Gasteiger partial charge in [0.05, 0.1) is 11.6 Å². The van der Waals surface area contributed by atoms with E-state index in [1.807, 2.05) is 43.4 Å². The van der Waals surface area contributed by atoms with Crippen LogP contribution < -0.4 is 10.6 Å². The smallest absolute Gasteiger partial charge is 0.0992 e. The number of nitrogen functional groups attached to an aromatic ring is 1. The normalized spacial score (nSPS) is 9.95. The zero-order valence-corrected chi connectivity index (χ0v) is 12.2. The maximum atomic E-state index is 8.92. The Balaban J connectivity index is 2.20. The molecule has 0 aliphatic carbocycles. The number of anilines is 2. The molecule has 19 heavy (non-hydrogen) atoms. The van der Waals surface area contributed by atoms with Gasteiger partial charge in [0.15, 0.2) is 0 Å². The lowest BCUT2D eigenvalue weighted by atomic mass is 10.1. The van der Waals surface area contributed by atoms with Crippen molar-refractivity contribution in [3.05, 3.63) is 58.1 Å². The molecule has 2 N–H and O–H groups in total. The SMILES string of the molecule is CN(Cc1ccc(N)cc1Br)c1cccc(C#N)c1. The van der Waals surface area contributed by atoms with E-state index in [1.54, 1.807) is 6.07 Å². The van der Waals surface area contributed by atoms with Gasteiger partial charge in [0.25, 0.3) is 0 Å². The standard InChI is InChI=1S/C15H14BrN3/c1-19(14-4-2-3-11(7-14)9-17)10-12-5-6-13(18)8-15(12)16/h2-8H,10,18H2,1H3. The van der Waals surface area contributed by atoms with Crippen LogP contribution in [-0.4, -0.2) is 7.05 Å². The number of nitriles is 1. The summed E-state index contributed by atoms with van der Waals surface area (Å²) in [6.07, 6.45) is 0. The first-order chi connectivity index (χ1) is 9.10. The van der Waals surface area contributed by atoms with E-state index in [1.165, 1.54) is 0 Å². The molecule has 0 saturated heterocycles. The van der Waals surface area contributed by atoms with Crippen LogP contribution in [0.2, 0.25) is 0 Å². The van der Waals surface area contributed by atoms with Crippen LogP contribution in [0.4, 0.5) is 11.4 Å². The minimum atomic E-state index is 0.667. The van der Waals surface area contributed by atoms with Crippen molar-refractivity contribution in [2.75, 3.05) is 17.7 Å². The van der Waals surface area contributed by atoms with Crippen LogP contribution in [0.5, 0.6) is 0 Å². The third-order valence-corrected chi connectivity index (χ3v) is 3.64. The van der Waals surface area contributed by atoms with Crippen molar-refractivity contribution < 1.29 is 0 Å². The van der Waals surface area contributed by atoms with Crippen LogP contribution in [0, 0.1) is 11.3 Å². The van der Waals surface area contributed by atoms with Crippen molar-refractivity contribution in [2.45, 2.75) is 6.54 Å². The molecule has 0 amide bonds. The Morgan fingerprint density at radius 3 is 2.74 bits per heavy atom. The second-order valence-electron chi connectivity index (χ2n) is 4.37. The highest BCUT2D eigenvalue weighted by atomic mass is 79.9. The van der Waals surface area contributed by atoms with Gasteiger partial charge in [-0.25, -0.2) is 0 Å². The highest BCUT2D eigenvalue weighted by Crippen LogP contribution is 2.23. The van der Waals surface area contributed by atoms with E-state index >= 15 is 0 Å². The Bertz CT molecular complexity index is 632. The van der Waals surface area contributed by atoms with Crippen LogP contribution >= 0.6 is 15.9 Å². The molecule has 0 spiro atoms. The predicted octanol–water partition coefficient (Wildman–Crippen LogP) is 3.54. The Labute approximate surface area is 121 Å². The van der Waals surface area contributed by atoms with E-state index in [0.717, 1.165) is 28.0 Å². The van der Waals surface area contributed by atoms with Crippen LogP contribution in [0.1, 0.15) is 11.1 Å². The predicted molar refractivity (Wildman–Crippen MR) is 81.8 cm³/mol. The molecular weight excluding hydrogens is 302 g/mol. The van der Waals surface area contributed by atoms with Crippen molar-refractivity contribution in [3.8, 4) is 6.07 Å². The summed E-state index contributed by atoms with van der Waals surface area (Å²) in [4.78, 5) is 2.09. The summed E-state index contributed by atoms with van der Waals surface area (Å²) in [7, 11) is 2.00. The number of hydrogen-bond acceptors (Lipinski definition) is 3. The minimum Gasteiger partial charge on any atom is -0.399 e. The fraction of sp³-hybridized carbons (Fsp3) is 0.133. The molecule has 0 aliphatic rings. The number of nitrogens with zero attached hydrogens (tertiary/aromatic N) is 2. The first-order valence-electron chi connectivity index (χ1n) is 5.85. The maximum absolute atomic E-state index is 8.92. The lowest BCUT2D eigenvalue weighted by molar-refractivity contribution is 0.918. The second-order valence-corrected chi connectivity index (χ2v) is 5.22. The first kappa shape index (κ1) is 13.4. The van der Waals surface area contributed by atoms with E-state index in [0.29, 0.717) is 5.56 Å². The number of hydrogen-bond donors (Lipinski definition) is 1. The first-order valence-corrected chi connectivity index (χ1v) is 6.64. The monoisotopic (exact) mass is 315 g/mol. The van der Waals surface area contributed by atoms with E-state index in [-0.39, 0.29) is 0 Å². The van der Waals surface area contributed by atoms with Crippen molar-refractivity contribution in [1.29, 1.82) is 5.26 Å². The Morgan fingerprint density at radius 2 is 2.05 bits per heavy atom. The van der Waals surface area contributed by atoms with Gasteiger partial charge in [0.2, 0.25) is 0 Å². The summed E-state index contributed by atoms with van der Waals surface area (Å²) in [5.41, 5.74) is 9.30. The molecular formula is C15H14BrN3. The molecule has 2 aromatic rings. The third kappa shape index (κ3) is 3.27. The zero-order valence-electron chi connectivity index (χ0n) is 10.6. The number of benzene rings is 2. The molecule has 3 nitrogen and oxygen atoms in total. The number of halogens is 1. The molecule has 0 radical (unpaired) electrons. The second kappa shape index (κ2) is 5.77. The highest BCUT2D eigenvalue weighted by molar-refractivity contribution is 9.10. The summed E-state index contributed by atoms with van der Waals surface area (Å²) in [6.45, 7) is 0.746. The Morgan fingerprint density at radius 1 is 1.26 bits per heavy atom. The summed E-state index contributed by atoms with van der Waals surface area (Å²) in [5, 5.41) is 8.92. The third-order valence-electron chi connectivity index (χ3n) is 2.90. The topological polar surface area (TPSA) is 53.0 Å². The van der Waals surface area contributed by atoms with Gasteiger partial charge in [-0.15, -0.1) is 0 Å². The van der Waals surface area contributed by atoms with Crippen molar-refractivity contribution in [1.82, 2.24) is 0 Å². The molecule has 0 bridgehead atoms. The van der Waals surface area contributed by atoms with Crippen molar-refractivity contribution in [2.24, 2.45) is 0 Å². The van der Waals surface area contributed by atoms with Gasteiger partial charge in [-0.05, 0) is 35.9 Å². The molecule has 0 saturated carbocycles. The zero-order chi connectivity index (χ0) is 13.8. The average molecular weight is 316 g/mol. The molecule has 4 heteroatoms. The summed E-state index contributed by atoms with van der Waals surface area (Å²) >= 11 is 3.52. The van der Waals surface area contributed by atoms with Crippen LogP contribution in [-0.2, 0) is 6.54 Å². The molecule has 2 rings (SSSR count). The van der Waals surface area contributed by atoms with Crippen LogP contribution in [0.15, 0.2) is 46.9 Å². The molecule has 0 heterocycles. The van der Waals surface area contributed by atoms with E-state index in [2.05, 4.69) is 26.9 Å². The Hall–Kier alpha value is -1.99. The largest absolute Gasteiger partial charge is 0.399 e. The maximum Gasteiger partial charge on any atom is 0.0992 e. The lowest BCUT2D eigenvalue weighted by Crippen LogP contribution is -2.16. The van der Waals surface area contributed by atoms with Gasteiger partial charge in [-0.3, -0.25) is 0 Å². The number of nitrogens with two attached hydrogens (primary N) is 1. The molecule has 0 atom stereocenters. The molecule has 0 fully saturated rings. The van der Waals surface area contributed by atoms with Crippen LogP contribution in [0.3, 0.4) is 0 Å². The van der Waals surface area contributed by atoms with Crippen molar-refractivity contribution >= 4 is 27.3 Å². The minimum absolute atomic E-state index is 0.667. The van der Waals surface area contributed by atoms with Crippen LogP contribution in [0.25, 0.3) is 0 Å². The van der Waals surface area contributed by atoms with E-state index in [4.69, 9.17) is 11.0 Å². The molecule has 0 aromatic heterocycles. The Kier molecular flexibility index (Phi) is 4.08. The van der Waals surface area contributed by atoms with Gasteiger partial charge >= 0.3 is 0 Å². The average Bonchev–Trinajstić information content (AvgIpc) is 2.42. The fourth-order valence-corrected chi connectivity index (χ4v) is 2.37. The van der Waals surface area contributed by atoms with Crippen molar-refractivity contribution in [3.63, 3.8) is 0 Å². The van der Waals surface area contributed by atoms with Gasteiger partial charge in [-0.2, -0.15) is 5.26 Å². The van der Waals surface area contributed by atoms with Gasteiger partial charge in [0.1, 0.15) is 0 Å². The lowest BCUT2D eigenvalue weighted by Gasteiger charge is -2.20.